The van der Waals surface area contributed by atoms with Crippen LogP contribution in [0.15, 0.2) is 18.3 Å². The molecule has 0 aliphatic carbocycles. The Morgan fingerprint density at radius 3 is 2.79 bits per heavy atom. The van der Waals surface area contributed by atoms with Crippen molar-refractivity contribution in [3.05, 3.63) is 29.6 Å². The number of fused-ring (bicyclic) bond motifs is 1. The zero-order chi connectivity index (χ0) is 13.5. The van der Waals surface area contributed by atoms with Crippen LogP contribution in [0.5, 0.6) is 0 Å². The van der Waals surface area contributed by atoms with Crippen LogP contribution in [0.25, 0.3) is 11.0 Å². The molecule has 1 fully saturated rings. The number of nitrogens with one attached hydrogen (secondary N) is 2. The second-order valence-electron chi connectivity index (χ2n) is 4.93. The van der Waals surface area contributed by atoms with Gasteiger partial charge in [0.05, 0.1) is 5.56 Å². The lowest BCUT2D eigenvalue weighted by Crippen LogP contribution is -2.28. The van der Waals surface area contributed by atoms with Gasteiger partial charge in [-0.05, 0) is 31.5 Å². The summed E-state index contributed by atoms with van der Waals surface area (Å²) < 4.78 is 37.9. The molecule has 1 aliphatic rings. The van der Waals surface area contributed by atoms with Gasteiger partial charge in [0, 0.05) is 29.7 Å². The van der Waals surface area contributed by atoms with Crippen LogP contribution in [0.1, 0.15) is 30.0 Å². The van der Waals surface area contributed by atoms with Crippen LogP contribution in [-0.4, -0.2) is 23.1 Å². The first kappa shape index (κ1) is 12.5. The van der Waals surface area contributed by atoms with E-state index in [1.807, 2.05) is 0 Å². The second-order valence-corrected chi connectivity index (χ2v) is 4.93. The summed E-state index contributed by atoms with van der Waals surface area (Å²) in [6.45, 7) is 1.87. The highest BCUT2D eigenvalue weighted by molar-refractivity contribution is 5.77. The molecular weight excluding hydrogens is 255 g/mol. The van der Waals surface area contributed by atoms with E-state index in [1.165, 1.54) is 0 Å². The van der Waals surface area contributed by atoms with E-state index < -0.39 is 11.7 Å². The van der Waals surface area contributed by atoms with E-state index in [1.54, 1.807) is 6.07 Å². The number of pyridine rings is 1. The number of halogens is 3. The minimum Gasteiger partial charge on any atom is -0.343 e. The summed E-state index contributed by atoms with van der Waals surface area (Å²) in [4.78, 5) is 6.99. The Morgan fingerprint density at radius 1 is 1.26 bits per heavy atom. The molecule has 3 rings (SSSR count). The number of rotatable bonds is 1. The molecule has 1 unspecified atom stereocenters. The SMILES string of the molecule is FC(F)(F)c1cnc2[nH]c(C3CCCNC3)cc2c1. The molecule has 0 bridgehead atoms. The molecule has 102 valence electrons. The zero-order valence-corrected chi connectivity index (χ0v) is 10.2. The lowest BCUT2D eigenvalue weighted by molar-refractivity contribution is -0.137. The van der Waals surface area contributed by atoms with Gasteiger partial charge in [-0.1, -0.05) is 0 Å². The van der Waals surface area contributed by atoms with Crippen molar-refractivity contribution in [2.75, 3.05) is 13.1 Å². The second kappa shape index (κ2) is 4.52. The summed E-state index contributed by atoms with van der Waals surface area (Å²) in [5.41, 5.74) is 0.787. The quantitative estimate of drug-likeness (QED) is 0.835. The van der Waals surface area contributed by atoms with Crippen molar-refractivity contribution in [1.82, 2.24) is 15.3 Å². The standard InChI is InChI=1S/C13H14F3N3/c14-13(15,16)10-4-9-5-11(19-12(9)18-7-10)8-2-1-3-17-6-8/h4-5,7-8,17H,1-3,6H2,(H,18,19). The predicted octanol–water partition coefficient (Wildman–Crippen LogP) is 3.05. The fourth-order valence-electron chi connectivity index (χ4n) is 2.53. The van der Waals surface area contributed by atoms with Gasteiger partial charge in [-0.15, -0.1) is 0 Å². The Labute approximate surface area is 108 Å². The number of hydrogen-bond donors (Lipinski definition) is 2. The molecule has 0 radical (unpaired) electrons. The molecule has 6 heteroatoms. The molecule has 3 heterocycles. The van der Waals surface area contributed by atoms with Crippen LogP contribution in [-0.2, 0) is 6.18 Å². The molecule has 0 saturated carbocycles. The summed E-state index contributed by atoms with van der Waals surface area (Å²) in [5.74, 6) is 0.331. The first-order chi connectivity index (χ1) is 9.04. The molecule has 2 aromatic rings. The van der Waals surface area contributed by atoms with E-state index in [-0.39, 0.29) is 0 Å². The van der Waals surface area contributed by atoms with E-state index in [9.17, 15) is 13.2 Å². The molecule has 3 nitrogen and oxygen atoms in total. The summed E-state index contributed by atoms with van der Waals surface area (Å²) in [7, 11) is 0. The zero-order valence-electron chi connectivity index (χ0n) is 10.2. The van der Waals surface area contributed by atoms with Crippen molar-refractivity contribution in [2.24, 2.45) is 0 Å². The van der Waals surface area contributed by atoms with Gasteiger partial charge in [0.15, 0.2) is 0 Å². The molecular formula is C13H14F3N3. The van der Waals surface area contributed by atoms with E-state index in [2.05, 4.69) is 15.3 Å². The van der Waals surface area contributed by atoms with Crippen LogP contribution < -0.4 is 5.32 Å². The fraction of sp³-hybridized carbons (Fsp3) is 0.462. The van der Waals surface area contributed by atoms with Crippen molar-refractivity contribution < 1.29 is 13.2 Å². The summed E-state index contributed by atoms with van der Waals surface area (Å²) >= 11 is 0. The first-order valence-corrected chi connectivity index (χ1v) is 6.30. The molecule has 1 saturated heterocycles. The topological polar surface area (TPSA) is 40.7 Å². The van der Waals surface area contributed by atoms with E-state index in [0.717, 1.165) is 43.9 Å². The minimum atomic E-state index is -4.34. The number of H-pyrrole nitrogens is 1. The molecule has 0 aromatic carbocycles. The van der Waals surface area contributed by atoms with Crippen molar-refractivity contribution in [2.45, 2.75) is 24.9 Å². The molecule has 2 aromatic heterocycles. The van der Waals surface area contributed by atoms with Gasteiger partial charge in [-0.3, -0.25) is 0 Å². The normalized spacial score (nSPS) is 20.9. The third-order valence-corrected chi connectivity index (χ3v) is 3.55. The Hall–Kier alpha value is -1.56. The van der Waals surface area contributed by atoms with Gasteiger partial charge in [-0.25, -0.2) is 4.98 Å². The highest BCUT2D eigenvalue weighted by Gasteiger charge is 2.31. The van der Waals surface area contributed by atoms with Crippen LogP contribution in [0, 0.1) is 0 Å². The number of alkyl halides is 3. The number of nitrogens with zero attached hydrogens (tertiary/aromatic N) is 1. The van der Waals surface area contributed by atoms with E-state index in [4.69, 9.17) is 0 Å². The highest BCUT2D eigenvalue weighted by Crippen LogP contribution is 2.32. The Balaban J connectivity index is 1.96. The predicted molar refractivity (Wildman–Crippen MR) is 65.9 cm³/mol. The summed E-state index contributed by atoms with van der Waals surface area (Å²) in [6, 6.07) is 2.94. The first-order valence-electron chi connectivity index (χ1n) is 6.30. The third kappa shape index (κ3) is 2.45. The van der Waals surface area contributed by atoms with Gasteiger partial charge >= 0.3 is 6.18 Å². The average molecular weight is 269 g/mol. The van der Waals surface area contributed by atoms with E-state index >= 15 is 0 Å². The molecule has 0 amide bonds. The Kier molecular flexibility index (Phi) is 2.97. The van der Waals surface area contributed by atoms with Gasteiger partial charge in [0.25, 0.3) is 0 Å². The Morgan fingerprint density at radius 2 is 2.11 bits per heavy atom. The lowest BCUT2D eigenvalue weighted by atomic mass is 9.96. The van der Waals surface area contributed by atoms with Gasteiger partial charge < -0.3 is 10.3 Å². The van der Waals surface area contributed by atoms with E-state index in [0.29, 0.717) is 17.0 Å². The van der Waals surface area contributed by atoms with Crippen molar-refractivity contribution >= 4 is 11.0 Å². The largest absolute Gasteiger partial charge is 0.417 e. The molecule has 19 heavy (non-hydrogen) atoms. The summed E-state index contributed by atoms with van der Waals surface area (Å²) in [6.07, 6.45) is -1.33. The van der Waals surface area contributed by atoms with Crippen molar-refractivity contribution in [1.29, 1.82) is 0 Å². The monoisotopic (exact) mass is 269 g/mol. The van der Waals surface area contributed by atoms with Gasteiger partial charge in [0.2, 0.25) is 0 Å². The highest BCUT2D eigenvalue weighted by atomic mass is 19.4. The van der Waals surface area contributed by atoms with Crippen molar-refractivity contribution in [3.63, 3.8) is 0 Å². The maximum atomic E-state index is 12.6. The molecule has 1 atom stereocenters. The maximum Gasteiger partial charge on any atom is 0.417 e. The van der Waals surface area contributed by atoms with Crippen LogP contribution >= 0.6 is 0 Å². The van der Waals surface area contributed by atoms with Gasteiger partial charge in [0.1, 0.15) is 5.65 Å². The smallest absolute Gasteiger partial charge is 0.343 e. The molecule has 1 aliphatic heterocycles. The van der Waals surface area contributed by atoms with Crippen molar-refractivity contribution in [3.8, 4) is 0 Å². The van der Waals surface area contributed by atoms with Gasteiger partial charge in [-0.2, -0.15) is 13.2 Å². The molecule has 0 spiro atoms. The number of aromatic amines is 1. The van der Waals surface area contributed by atoms with Crippen LogP contribution in [0.3, 0.4) is 0 Å². The minimum absolute atomic E-state index is 0.331. The average Bonchev–Trinajstić information content (AvgIpc) is 2.81. The van der Waals surface area contributed by atoms with Crippen LogP contribution in [0.4, 0.5) is 13.2 Å². The number of hydrogen-bond acceptors (Lipinski definition) is 2. The number of piperidine rings is 1. The van der Waals surface area contributed by atoms with Crippen LogP contribution in [0.2, 0.25) is 0 Å². The third-order valence-electron chi connectivity index (χ3n) is 3.55. The lowest BCUT2D eigenvalue weighted by Gasteiger charge is -2.21. The Bertz CT molecular complexity index is 582. The fourth-order valence-corrected chi connectivity index (χ4v) is 2.53. The molecule has 2 N–H and O–H groups in total. The summed E-state index contributed by atoms with van der Waals surface area (Å²) in [5, 5.41) is 3.82. The number of aromatic nitrogens is 2. The maximum absolute atomic E-state index is 12.6.